The number of phenolic OH excluding ortho intramolecular Hbond substituents is 1. The summed E-state index contributed by atoms with van der Waals surface area (Å²) in [7, 11) is 0. The molecule has 6 atom stereocenters. The number of aryl methyl sites for hydroxylation is 1. The summed E-state index contributed by atoms with van der Waals surface area (Å²) < 4.78 is 0. The van der Waals surface area contributed by atoms with Crippen LogP contribution in [0.5, 0.6) is 5.75 Å². The smallest absolute Gasteiger partial charge is 0.307 e. The van der Waals surface area contributed by atoms with Crippen molar-refractivity contribution in [2.45, 2.75) is 146 Å². The van der Waals surface area contributed by atoms with Crippen LogP contribution in [0.1, 0.15) is 144 Å². The van der Waals surface area contributed by atoms with Gasteiger partial charge in [-0.2, -0.15) is 0 Å². The van der Waals surface area contributed by atoms with Crippen LogP contribution in [-0.2, 0) is 23.1 Å². The first-order valence-electron chi connectivity index (χ1n) is 19.6. The number of rotatable bonds is 14. The average Bonchev–Trinajstić information content (AvgIpc) is 3.56. The number of aromatic hydroxyl groups is 1. The topological polar surface area (TPSA) is 98.0 Å². The molecule has 1 fully saturated rings. The minimum atomic E-state index is -0.768. The second kappa shape index (κ2) is 18.4. The van der Waals surface area contributed by atoms with Gasteiger partial charge in [0.1, 0.15) is 5.75 Å². The molecule has 0 unspecified atom stereocenters. The molecule has 0 amide bonds. The Kier molecular flexibility index (Phi) is 14.0. The SMILES string of the molecule is CCCCCc1cc([C@H]2Cc3cccc(c3)[C@@]3(CCC[C@@H](O)C3)[C@H](C(=O)O)CC=CC[C@H]2CCCCCC[C@H]2C=C(CO)CC2)ccc1O. The molecule has 4 N–H and O–H groups in total. The van der Waals surface area contributed by atoms with Crippen molar-refractivity contribution >= 4 is 5.97 Å². The van der Waals surface area contributed by atoms with Crippen molar-refractivity contribution < 1.29 is 25.2 Å². The van der Waals surface area contributed by atoms with Gasteiger partial charge in [-0.25, -0.2) is 0 Å². The quantitative estimate of drug-likeness (QED) is 0.118. The van der Waals surface area contributed by atoms with Gasteiger partial charge in [-0.1, -0.05) is 100 Å². The molecule has 5 heteroatoms. The third-order valence-corrected chi connectivity index (χ3v) is 12.2. The molecule has 1 saturated carbocycles. The van der Waals surface area contributed by atoms with Gasteiger partial charge in [-0.3, -0.25) is 4.79 Å². The Bertz CT molecular complexity index is 1410. The first-order valence-corrected chi connectivity index (χ1v) is 19.6. The second-order valence-electron chi connectivity index (χ2n) is 15.6. The van der Waals surface area contributed by atoms with E-state index in [-0.39, 0.29) is 12.5 Å². The molecule has 2 bridgehead atoms. The van der Waals surface area contributed by atoms with E-state index in [2.05, 4.69) is 61.5 Å². The molecule has 49 heavy (non-hydrogen) atoms. The number of fused-ring (bicyclic) bond motifs is 3. The maximum absolute atomic E-state index is 12.9. The van der Waals surface area contributed by atoms with Crippen molar-refractivity contribution in [2.75, 3.05) is 6.61 Å². The Hall–Kier alpha value is -2.89. The van der Waals surface area contributed by atoms with Gasteiger partial charge in [0.05, 0.1) is 18.6 Å². The zero-order valence-electron chi connectivity index (χ0n) is 30.0. The van der Waals surface area contributed by atoms with E-state index < -0.39 is 23.4 Å². The second-order valence-corrected chi connectivity index (χ2v) is 15.6. The molecule has 2 aromatic rings. The maximum atomic E-state index is 12.9. The van der Waals surface area contributed by atoms with Crippen LogP contribution < -0.4 is 0 Å². The molecule has 5 rings (SSSR count). The average molecular weight is 671 g/mol. The number of aliphatic hydroxyl groups excluding tert-OH is 2. The number of carbonyl (C=O) groups is 1. The van der Waals surface area contributed by atoms with Gasteiger partial charge in [0.2, 0.25) is 0 Å². The predicted molar refractivity (Wildman–Crippen MR) is 199 cm³/mol. The Morgan fingerprint density at radius 3 is 2.51 bits per heavy atom. The maximum Gasteiger partial charge on any atom is 0.307 e. The van der Waals surface area contributed by atoms with E-state index in [4.69, 9.17) is 0 Å². The summed E-state index contributed by atoms with van der Waals surface area (Å²) in [6.07, 6.45) is 24.9. The van der Waals surface area contributed by atoms with Crippen LogP contribution in [0.4, 0.5) is 0 Å². The first kappa shape index (κ1) is 37.4. The van der Waals surface area contributed by atoms with Crippen molar-refractivity contribution in [3.05, 3.63) is 88.5 Å². The van der Waals surface area contributed by atoms with Crippen LogP contribution >= 0.6 is 0 Å². The number of carboxylic acids is 1. The van der Waals surface area contributed by atoms with Gasteiger partial charge in [0, 0.05) is 5.41 Å². The Morgan fingerprint density at radius 1 is 0.939 bits per heavy atom. The van der Waals surface area contributed by atoms with Crippen LogP contribution in [0.3, 0.4) is 0 Å². The number of unbranched alkanes of at least 4 members (excludes halogenated alkanes) is 5. The fourth-order valence-electron chi connectivity index (χ4n) is 9.42. The molecule has 0 aliphatic heterocycles. The highest BCUT2D eigenvalue weighted by atomic mass is 16.4. The molecule has 0 radical (unpaired) electrons. The lowest BCUT2D eigenvalue weighted by molar-refractivity contribution is -0.145. The lowest BCUT2D eigenvalue weighted by atomic mass is 9.60. The fraction of sp³-hybridized carbons (Fsp3) is 0.614. The Morgan fingerprint density at radius 2 is 1.76 bits per heavy atom. The normalized spacial score (nSPS) is 27.4. The molecule has 0 saturated heterocycles. The number of hydrogen-bond acceptors (Lipinski definition) is 4. The van der Waals surface area contributed by atoms with E-state index in [0.29, 0.717) is 30.4 Å². The van der Waals surface area contributed by atoms with Crippen LogP contribution in [-0.4, -0.2) is 39.1 Å². The molecular formula is C44H62O5. The minimum absolute atomic E-state index is 0.208. The van der Waals surface area contributed by atoms with Gasteiger partial charge in [-0.15, -0.1) is 0 Å². The largest absolute Gasteiger partial charge is 0.508 e. The number of allylic oxidation sites excluding steroid dienone is 3. The van der Waals surface area contributed by atoms with Gasteiger partial charge in [0.15, 0.2) is 0 Å². The van der Waals surface area contributed by atoms with Crippen molar-refractivity contribution in [1.29, 1.82) is 0 Å². The van der Waals surface area contributed by atoms with E-state index in [1.165, 1.54) is 48.8 Å². The van der Waals surface area contributed by atoms with Crippen LogP contribution in [0.2, 0.25) is 0 Å². The van der Waals surface area contributed by atoms with E-state index in [9.17, 15) is 25.2 Å². The monoisotopic (exact) mass is 670 g/mol. The Balaban J connectivity index is 1.41. The number of aliphatic carboxylic acids is 1. The highest BCUT2D eigenvalue weighted by Crippen LogP contribution is 2.48. The highest BCUT2D eigenvalue weighted by Gasteiger charge is 2.47. The fourth-order valence-corrected chi connectivity index (χ4v) is 9.42. The molecule has 3 aliphatic carbocycles. The summed E-state index contributed by atoms with van der Waals surface area (Å²) in [6, 6.07) is 15.0. The zero-order valence-corrected chi connectivity index (χ0v) is 30.0. The van der Waals surface area contributed by atoms with E-state index in [1.54, 1.807) is 0 Å². The van der Waals surface area contributed by atoms with E-state index in [0.717, 1.165) is 88.2 Å². The van der Waals surface area contributed by atoms with Crippen LogP contribution in [0.15, 0.2) is 66.3 Å². The minimum Gasteiger partial charge on any atom is -0.508 e. The van der Waals surface area contributed by atoms with Gasteiger partial charge >= 0.3 is 5.97 Å². The number of hydrogen-bond donors (Lipinski definition) is 4. The molecule has 5 nitrogen and oxygen atoms in total. The van der Waals surface area contributed by atoms with Crippen LogP contribution in [0, 0.1) is 17.8 Å². The summed E-state index contributed by atoms with van der Waals surface area (Å²) in [5, 5.41) is 41.7. The van der Waals surface area contributed by atoms with Crippen molar-refractivity contribution in [3.63, 3.8) is 0 Å². The number of carboxylic acid groups (broad SMARTS) is 1. The molecule has 268 valence electrons. The third-order valence-electron chi connectivity index (χ3n) is 12.2. The van der Waals surface area contributed by atoms with Crippen molar-refractivity contribution in [1.82, 2.24) is 0 Å². The molecule has 1 spiro atoms. The lowest BCUT2D eigenvalue weighted by Gasteiger charge is -2.44. The van der Waals surface area contributed by atoms with Crippen molar-refractivity contribution in [3.8, 4) is 5.75 Å². The first-order chi connectivity index (χ1) is 23.8. The van der Waals surface area contributed by atoms with Gasteiger partial charge in [-0.05, 0) is 135 Å². The summed E-state index contributed by atoms with van der Waals surface area (Å²) in [6.45, 7) is 2.42. The van der Waals surface area contributed by atoms with E-state index in [1.807, 2.05) is 6.07 Å². The van der Waals surface area contributed by atoms with Crippen molar-refractivity contribution in [2.24, 2.45) is 17.8 Å². The number of benzene rings is 2. The third kappa shape index (κ3) is 9.88. The molecular weight excluding hydrogens is 608 g/mol. The summed E-state index contributed by atoms with van der Waals surface area (Å²) in [4.78, 5) is 12.9. The molecule has 0 aromatic heterocycles. The summed E-state index contributed by atoms with van der Waals surface area (Å²) >= 11 is 0. The van der Waals surface area contributed by atoms with Gasteiger partial charge < -0.3 is 20.4 Å². The van der Waals surface area contributed by atoms with Crippen LogP contribution in [0.25, 0.3) is 0 Å². The molecule has 0 heterocycles. The number of aliphatic hydroxyl groups is 2. The standard InChI is InChI=1S/C44H62O5/c1-2-3-6-17-37-29-36(23-24-42(37)47)40-28-33-14-11-18-38(27-33)44(25-12-19-39(46)30-44)41(43(48)49)20-10-9-16-35(40)15-8-5-4-7-13-32-21-22-34(26-32)31-45/h9-11,14,18,23-24,26-27,29,32,35,39-41,45-47H,2-8,12-13,15-17,19-22,25,28,30-31H2,1H3,(H,48,49)/t32-,35-,39-,40+,41+,44+/m1/s1. The predicted octanol–water partition coefficient (Wildman–Crippen LogP) is 9.96. The summed E-state index contributed by atoms with van der Waals surface area (Å²) in [5.74, 6) is 0.349. The number of phenols is 1. The van der Waals surface area contributed by atoms with E-state index >= 15 is 0 Å². The summed E-state index contributed by atoms with van der Waals surface area (Å²) in [5.41, 5.74) is 5.26. The molecule has 2 aromatic carbocycles. The highest BCUT2D eigenvalue weighted by molar-refractivity contribution is 5.73. The van der Waals surface area contributed by atoms with Gasteiger partial charge in [0.25, 0.3) is 0 Å². The molecule has 3 aliphatic rings. The zero-order chi connectivity index (χ0) is 34.6. The lowest BCUT2D eigenvalue weighted by Crippen LogP contribution is -2.45. The Labute approximate surface area is 295 Å².